The molecular formula is C25H23ClF3N5OS. The molecule has 0 amide bonds. The number of hydrogen-bond acceptors (Lipinski definition) is 6. The first-order valence-electron chi connectivity index (χ1n) is 11.4. The number of nitrogens with zero attached hydrogens (tertiary/aromatic N) is 4. The van der Waals surface area contributed by atoms with Crippen LogP contribution in [0.3, 0.4) is 0 Å². The highest BCUT2D eigenvalue weighted by Crippen LogP contribution is 2.42. The third kappa shape index (κ3) is 4.93. The van der Waals surface area contributed by atoms with E-state index < -0.39 is 11.7 Å². The van der Waals surface area contributed by atoms with Crippen LogP contribution in [-0.4, -0.2) is 57.9 Å². The average Bonchev–Trinajstić information content (AvgIpc) is 3.48. The maximum absolute atomic E-state index is 13.9. The van der Waals surface area contributed by atoms with E-state index in [-0.39, 0.29) is 16.5 Å². The first-order valence-corrected chi connectivity index (χ1v) is 12.6. The van der Waals surface area contributed by atoms with Crippen LogP contribution in [0, 0.1) is 0 Å². The van der Waals surface area contributed by atoms with Crippen molar-refractivity contribution in [1.29, 1.82) is 0 Å². The second-order valence-electron chi connectivity index (χ2n) is 8.53. The fraction of sp³-hybridized carbons (Fsp3) is 0.280. The molecule has 6 nitrogen and oxygen atoms in total. The third-order valence-corrected chi connectivity index (χ3v) is 7.68. The number of hydrogen-bond donors (Lipinski definition) is 2. The van der Waals surface area contributed by atoms with E-state index in [9.17, 15) is 18.3 Å². The second-order valence-corrected chi connectivity index (χ2v) is 9.94. The Bertz CT molecular complexity index is 1420. The molecule has 2 aromatic heterocycles. The van der Waals surface area contributed by atoms with Gasteiger partial charge in [0.2, 0.25) is 5.88 Å². The summed E-state index contributed by atoms with van der Waals surface area (Å²) in [5.74, 6) is -0.214. The number of rotatable bonds is 5. The molecule has 0 bridgehead atoms. The molecule has 2 aromatic carbocycles. The quantitative estimate of drug-likeness (QED) is 0.302. The molecule has 0 spiro atoms. The van der Waals surface area contributed by atoms with Gasteiger partial charge < -0.3 is 14.9 Å². The Balaban J connectivity index is 1.63. The highest BCUT2D eigenvalue weighted by atomic mass is 35.5. The zero-order chi connectivity index (χ0) is 25.4. The van der Waals surface area contributed by atoms with Crippen molar-refractivity contribution in [2.24, 2.45) is 0 Å². The summed E-state index contributed by atoms with van der Waals surface area (Å²) >= 11 is 7.16. The summed E-state index contributed by atoms with van der Waals surface area (Å²) in [7, 11) is 0. The van der Waals surface area contributed by atoms with E-state index in [1.807, 2.05) is 6.07 Å². The molecule has 0 radical (unpaired) electrons. The van der Waals surface area contributed by atoms with Crippen LogP contribution in [0.5, 0.6) is 5.88 Å². The summed E-state index contributed by atoms with van der Waals surface area (Å²) in [5, 5.41) is 19.2. The number of halogens is 4. The van der Waals surface area contributed by atoms with Gasteiger partial charge in [0.25, 0.3) is 0 Å². The van der Waals surface area contributed by atoms with Crippen molar-refractivity contribution in [2.75, 3.05) is 37.6 Å². The number of thiazole rings is 1. The Kier molecular flexibility index (Phi) is 6.67. The van der Waals surface area contributed by atoms with E-state index in [0.29, 0.717) is 21.1 Å². The molecule has 36 heavy (non-hydrogen) atoms. The van der Waals surface area contributed by atoms with Crippen molar-refractivity contribution in [1.82, 2.24) is 20.1 Å². The number of nitrogens with one attached hydrogen (secondary N) is 1. The molecule has 4 aromatic rings. The molecule has 11 heteroatoms. The predicted molar refractivity (Wildman–Crippen MR) is 138 cm³/mol. The van der Waals surface area contributed by atoms with Crippen molar-refractivity contribution in [3.8, 4) is 5.88 Å². The molecule has 0 saturated carbocycles. The van der Waals surface area contributed by atoms with Crippen molar-refractivity contribution in [3.63, 3.8) is 0 Å². The minimum Gasteiger partial charge on any atom is -0.492 e. The number of piperazine rings is 1. The van der Waals surface area contributed by atoms with Gasteiger partial charge in [-0.15, -0.1) is 0 Å². The number of H-pyrrole nitrogens is 1. The second kappa shape index (κ2) is 9.76. The number of likely N-dealkylation sites (N-methyl/N-ethyl adjacent to an activating group) is 1. The smallest absolute Gasteiger partial charge is 0.417 e. The number of anilines is 1. The Morgan fingerprint density at radius 1 is 1.17 bits per heavy atom. The van der Waals surface area contributed by atoms with E-state index in [1.54, 1.807) is 18.3 Å². The molecule has 0 atom stereocenters. The molecule has 5 rings (SSSR count). The summed E-state index contributed by atoms with van der Waals surface area (Å²) in [5.41, 5.74) is 0.952. The van der Waals surface area contributed by atoms with Crippen LogP contribution in [0.2, 0.25) is 5.02 Å². The van der Waals surface area contributed by atoms with Gasteiger partial charge in [-0.3, -0.25) is 5.10 Å². The highest BCUT2D eigenvalue weighted by molar-refractivity contribution is 7.17. The lowest BCUT2D eigenvalue weighted by Gasteiger charge is -2.33. The van der Waals surface area contributed by atoms with Gasteiger partial charge in [0, 0.05) is 42.2 Å². The predicted octanol–water partition coefficient (Wildman–Crippen LogP) is 6.13. The minimum atomic E-state index is -4.60. The number of aromatic nitrogens is 3. The van der Waals surface area contributed by atoms with Crippen molar-refractivity contribution in [2.45, 2.75) is 13.1 Å². The first kappa shape index (κ1) is 24.6. The highest BCUT2D eigenvalue weighted by Gasteiger charge is 2.33. The van der Waals surface area contributed by atoms with Crippen molar-refractivity contribution >= 4 is 50.6 Å². The van der Waals surface area contributed by atoms with Crippen LogP contribution < -0.4 is 4.90 Å². The Morgan fingerprint density at radius 3 is 2.67 bits per heavy atom. The Labute approximate surface area is 214 Å². The first-order chi connectivity index (χ1) is 17.2. The SMILES string of the molecule is CCN1CCN(c2nc(O)c(C(=Cc3ccc(Cl)cc3C(F)(F)F)c3ccc4[nH]ncc4c3)s2)CC1. The van der Waals surface area contributed by atoms with E-state index in [0.717, 1.165) is 49.7 Å². The summed E-state index contributed by atoms with van der Waals surface area (Å²) in [4.78, 5) is 9.21. The lowest BCUT2D eigenvalue weighted by molar-refractivity contribution is -0.137. The molecule has 1 saturated heterocycles. The average molecular weight is 534 g/mol. The molecule has 3 heterocycles. The van der Waals surface area contributed by atoms with Gasteiger partial charge in [0.15, 0.2) is 5.13 Å². The number of aromatic hydroxyl groups is 1. The fourth-order valence-electron chi connectivity index (χ4n) is 4.31. The number of aromatic amines is 1. The largest absolute Gasteiger partial charge is 0.492 e. The van der Waals surface area contributed by atoms with Crippen LogP contribution in [-0.2, 0) is 6.18 Å². The Morgan fingerprint density at radius 2 is 1.94 bits per heavy atom. The van der Waals surface area contributed by atoms with Crippen LogP contribution in [0.15, 0.2) is 42.6 Å². The maximum atomic E-state index is 13.9. The standard InChI is InChI=1S/C25H23ClF3N5OS/c1-2-33-7-9-34(10-8-33)24-31-23(35)22(36-24)19(15-4-6-21-17(11-15)14-30-32-21)12-16-3-5-18(26)13-20(16)25(27,28)29/h3-6,11-14,35H,2,7-10H2,1H3,(H,30,32). The van der Waals surface area contributed by atoms with Crippen molar-refractivity contribution in [3.05, 3.63) is 69.2 Å². The van der Waals surface area contributed by atoms with Gasteiger partial charge in [-0.1, -0.05) is 42.0 Å². The number of benzene rings is 2. The fourth-order valence-corrected chi connectivity index (χ4v) is 5.53. The molecule has 1 fully saturated rings. The van der Waals surface area contributed by atoms with E-state index in [2.05, 4.69) is 31.9 Å². The summed E-state index contributed by atoms with van der Waals surface area (Å²) in [6.07, 6.45) is -1.52. The lowest BCUT2D eigenvalue weighted by Crippen LogP contribution is -2.46. The van der Waals surface area contributed by atoms with Gasteiger partial charge in [-0.2, -0.15) is 23.3 Å². The maximum Gasteiger partial charge on any atom is 0.417 e. The van der Waals surface area contributed by atoms with Crippen LogP contribution in [0.1, 0.15) is 28.5 Å². The summed E-state index contributed by atoms with van der Waals surface area (Å²) in [6.45, 7) is 6.36. The van der Waals surface area contributed by atoms with Crippen LogP contribution in [0.25, 0.3) is 22.6 Å². The summed E-state index contributed by atoms with van der Waals surface area (Å²) < 4.78 is 41.6. The van der Waals surface area contributed by atoms with Gasteiger partial charge in [-0.05, 0) is 48.0 Å². The molecule has 1 aliphatic heterocycles. The molecule has 0 aliphatic carbocycles. The number of fused-ring (bicyclic) bond motifs is 1. The van der Waals surface area contributed by atoms with Gasteiger partial charge in [0.1, 0.15) is 4.88 Å². The zero-order valence-corrected chi connectivity index (χ0v) is 20.9. The van der Waals surface area contributed by atoms with E-state index in [1.165, 1.54) is 29.5 Å². The van der Waals surface area contributed by atoms with Crippen LogP contribution >= 0.6 is 22.9 Å². The monoisotopic (exact) mass is 533 g/mol. The molecular weight excluding hydrogens is 511 g/mol. The lowest BCUT2D eigenvalue weighted by atomic mass is 9.98. The van der Waals surface area contributed by atoms with Gasteiger partial charge in [-0.25, -0.2) is 0 Å². The van der Waals surface area contributed by atoms with E-state index >= 15 is 0 Å². The molecule has 0 unspecified atom stereocenters. The molecule has 1 aliphatic rings. The van der Waals surface area contributed by atoms with E-state index in [4.69, 9.17) is 11.6 Å². The zero-order valence-electron chi connectivity index (χ0n) is 19.3. The van der Waals surface area contributed by atoms with Gasteiger partial charge >= 0.3 is 6.18 Å². The topological polar surface area (TPSA) is 68.3 Å². The van der Waals surface area contributed by atoms with Gasteiger partial charge in [0.05, 0.1) is 17.3 Å². The van der Waals surface area contributed by atoms with Crippen LogP contribution in [0.4, 0.5) is 18.3 Å². The Hall–Kier alpha value is -3.08. The number of alkyl halides is 3. The normalized spacial score (nSPS) is 15.7. The minimum absolute atomic E-state index is 0.00464. The molecule has 188 valence electrons. The third-order valence-electron chi connectivity index (χ3n) is 6.30. The molecule has 2 N–H and O–H groups in total. The van der Waals surface area contributed by atoms with Crippen molar-refractivity contribution < 1.29 is 18.3 Å². The summed E-state index contributed by atoms with van der Waals surface area (Å²) in [6, 6.07) is 9.09.